The van der Waals surface area contributed by atoms with E-state index in [0.29, 0.717) is 23.7 Å². The molecular formula is C17H22ClN3O2. The van der Waals surface area contributed by atoms with Gasteiger partial charge in [-0.15, -0.1) is 0 Å². The average Bonchev–Trinajstić information content (AvgIpc) is 3.00. The van der Waals surface area contributed by atoms with Crippen molar-refractivity contribution in [2.75, 3.05) is 24.5 Å². The molecule has 0 N–H and O–H groups in total. The van der Waals surface area contributed by atoms with E-state index in [1.807, 2.05) is 4.90 Å². The zero-order chi connectivity index (χ0) is 16.4. The summed E-state index contributed by atoms with van der Waals surface area (Å²) < 4.78 is 0. The minimum absolute atomic E-state index is 0.107. The molecule has 0 radical (unpaired) electrons. The number of carbonyl (C=O) groups is 2. The fraction of sp³-hybridized carbons (Fsp3) is 0.588. The van der Waals surface area contributed by atoms with Crippen LogP contribution in [0.25, 0.3) is 0 Å². The quantitative estimate of drug-likeness (QED) is 0.629. The summed E-state index contributed by atoms with van der Waals surface area (Å²) >= 11 is 6.20. The van der Waals surface area contributed by atoms with Crippen molar-refractivity contribution in [3.63, 3.8) is 0 Å². The molecule has 2 fully saturated rings. The third-order valence-corrected chi connectivity index (χ3v) is 5.13. The van der Waals surface area contributed by atoms with Crippen LogP contribution in [0.3, 0.4) is 0 Å². The molecule has 2 saturated heterocycles. The fourth-order valence-corrected chi connectivity index (χ4v) is 3.72. The van der Waals surface area contributed by atoms with Crippen molar-refractivity contribution in [2.45, 2.75) is 45.1 Å². The molecule has 124 valence electrons. The van der Waals surface area contributed by atoms with Crippen LogP contribution in [0.1, 0.15) is 59.7 Å². The largest absolute Gasteiger partial charge is 0.354 e. The van der Waals surface area contributed by atoms with Crippen molar-refractivity contribution in [2.24, 2.45) is 0 Å². The number of nitrogens with zero attached hydrogens (tertiary/aromatic N) is 3. The summed E-state index contributed by atoms with van der Waals surface area (Å²) in [5.74, 6) is 0.593. The average molecular weight is 336 g/mol. The molecule has 0 aliphatic carbocycles. The number of hydrogen-bond donors (Lipinski definition) is 0. The number of anilines is 1. The summed E-state index contributed by atoms with van der Waals surface area (Å²) in [5.41, 5.74) is 0.592. The van der Waals surface area contributed by atoms with E-state index in [-0.39, 0.29) is 16.6 Å². The van der Waals surface area contributed by atoms with Crippen LogP contribution in [0, 0.1) is 0 Å². The maximum atomic E-state index is 12.8. The van der Waals surface area contributed by atoms with Crippen molar-refractivity contribution in [3.05, 3.63) is 22.3 Å². The fourth-order valence-electron chi connectivity index (χ4n) is 3.49. The van der Waals surface area contributed by atoms with E-state index < -0.39 is 0 Å². The molecule has 1 aromatic heterocycles. The topological polar surface area (TPSA) is 53.5 Å². The molecule has 2 aliphatic heterocycles. The van der Waals surface area contributed by atoms with Gasteiger partial charge in [-0.2, -0.15) is 0 Å². The van der Waals surface area contributed by atoms with Crippen LogP contribution in [0.5, 0.6) is 0 Å². The molecule has 0 spiro atoms. The number of halogens is 1. The highest BCUT2D eigenvalue weighted by molar-refractivity contribution is 6.32. The molecule has 1 amide bonds. The maximum Gasteiger partial charge on any atom is 0.254 e. The lowest BCUT2D eigenvalue weighted by molar-refractivity contribution is 0.0721. The summed E-state index contributed by atoms with van der Waals surface area (Å²) in [7, 11) is 0. The van der Waals surface area contributed by atoms with Gasteiger partial charge in [0.25, 0.3) is 5.91 Å². The molecule has 6 heteroatoms. The number of hydrogen-bond acceptors (Lipinski definition) is 4. The maximum absolute atomic E-state index is 12.8. The van der Waals surface area contributed by atoms with E-state index in [4.69, 9.17) is 11.6 Å². The first-order chi connectivity index (χ1) is 11.1. The van der Waals surface area contributed by atoms with E-state index in [0.717, 1.165) is 51.7 Å². The van der Waals surface area contributed by atoms with Crippen molar-refractivity contribution in [1.29, 1.82) is 0 Å². The molecule has 23 heavy (non-hydrogen) atoms. The van der Waals surface area contributed by atoms with E-state index in [1.165, 1.54) is 0 Å². The molecule has 0 bridgehead atoms. The third-order valence-electron chi connectivity index (χ3n) is 4.84. The molecule has 2 aliphatic rings. The second kappa shape index (κ2) is 6.87. The summed E-state index contributed by atoms with van der Waals surface area (Å²) in [6.07, 6.45) is 6.02. The molecule has 3 rings (SSSR count). The number of pyridine rings is 1. The molecule has 0 aromatic carbocycles. The predicted octanol–water partition coefficient (Wildman–Crippen LogP) is 3.16. The van der Waals surface area contributed by atoms with Crippen LogP contribution in [0.2, 0.25) is 5.15 Å². The standard InChI is InChI=1S/C17H22ClN3O2/c1-12-6-5-9-21(12)15-10-13(14(11-22)16(18)19-15)17(23)20-7-3-2-4-8-20/h10-12H,2-9H2,1H3/t12-/m1/s1. The zero-order valence-electron chi connectivity index (χ0n) is 13.4. The van der Waals surface area contributed by atoms with E-state index in [1.54, 1.807) is 6.07 Å². The van der Waals surface area contributed by atoms with E-state index >= 15 is 0 Å². The number of amides is 1. The normalized spacial score (nSPS) is 21.6. The molecule has 1 aromatic rings. The van der Waals surface area contributed by atoms with Crippen LogP contribution in [-0.2, 0) is 0 Å². The Morgan fingerprint density at radius 1 is 1.26 bits per heavy atom. The summed E-state index contributed by atoms with van der Waals surface area (Å²) in [5, 5.41) is 0.122. The number of carbonyl (C=O) groups excluding carboxylic acids is 2. The molecule has 3 heterocycles. The molecule has 5 nitrogen and oxygen atoms in total. The Morgan fingerprint density at radius 3 is 2.61 bits per heavy atom. The summed E-state index contributed by atoms with van der Waals surface area (Å²) in [6, 6.07) is 2.12. The van der Waals surface area contributed by atoms with Gasteiger partial charge in [0.05, 0.1) is 11.1 Å². The summed E-state index contributed by atoms with van der Waals surface area (Å²) in [4.78, 5) is 32.6. The minimum Gasteiger partial charge on any atom is -0.354 e. The Kier molecular flexibility index (Phi) is 4.85. The van der Waals surface area contributed by atoms with Crippen LogP contribution in [0.15, 0.2) is 6.07 Å². The Morgan fingerprint density at radius 2 is 2.00 bits per heavy atom. The second-order valence-corrected chi connectivity index (χ2v) is 6.75. The highest BCUT2D eigenvalue weighted by atomic mass is 35.5. The first-order valence-electron chi connectivity index (χ1n) is 8.33. The number of aldehydes is 1. The number of aromatic nitrogens is 1. The van der Waals surface area contributed by atoms with Gasteiger partial charge in [-0.3, -0.25) is 9.59 Å². The first kappa shape index (κ1) is 16.2. The van der Waals surface area contributed by atoms with Gasteiger partial charge in [-0.25, -0.2) is 4.98 Å². The van der Waals surface area contributed by atoms with Crippen LogP contribution < -0.4 is 4.90 Å². The number of piperidine rings is 1. The zero-order valence-corrected chi connectivity index (χ0v) is 14.2. The lowest BCUT2D eigenvalue weighted by Crippen LogP contribution is -2.36. The Hall–Kier alpha value is -1.62. The highest BCUT2D eigenvalue weighted by Gasteiger charge is 2.27. The van der Waals surface area contributed by atoms with Gasteiger partial charge >= 0.3 is 0 Å². The van der Waals surface area contributed by atoms with E-state index in [9.17, 15) is 9.59 Å². The van der Waals surface area contributed by atoms with E-state index in [2.05, 4.69) is 16.8 Å². The first-order valence-corrected chi connectivity index (χ1v) is 8.71. The Bertz CT molecular complexity index is 614. The smallest absolute Gasteiger partial charge is 0.254 e. The van der Waals surface area contributed by atoms with Gasteiger partial charge in [0, 0.05) is 25.7 Å². The van der Waals surface area contributed by atoms with Crippen molar-refractivity contribution < 1.29 is 9.59 Å². The number of likely N-dealkylation sites (tertiary alicyclic amines) is 1. The molecule has 1 atom stereocenters. The summed E-state index contributed by atoms with van der Waals surface area (Å²) in [6.45, 7) is 4.53. The molecule has 0 saturated carbocycles. The second-order valence-electron chi connectivity index (χ2n) is 6.39. The predicted molar refractivity (Wildman–Crippen MR) is 90.4 cm³/mol. The third kappa shape index (κ3) is 3.20. The molecule has 0 unspecified atom stereocenters. The van der Waals surface area contributed by atoms with Gasteiger partial charge in [-0.1, -0.05) is 11.6 Å². The Labute approximate surface area is 141 Å². The van der Waals surface area contributed by atoms with Gasteiger partial charge in [0.15, 0.2) is 6.29 Å². The minimum atomic E-state index is -0.107. The Balaban J connectivity index is 1.97. The lowest BCUT2D eigenvalue weighted by Gasteiger charge is -2.28. The number of rotatable bonds is 3. The SMILES string of the molecule is C[C@@H]1CCCN1c1cc(C(=O)N2CCCCC2)c(C=O)c(Cl)n1. The van der Waals surface area contributed by atoms with Crippen LogP contribution in [0.4, 0.5) is 5.82 Å². The van der Waals surface area contributed by atoms with Crippen molar-refractivity contribution in [3.8, 4) is 0 Å². The van der Waals surface area contributed by atoms with Crippen molar-refractivity contribution >= 4 is 29.6 Å². The van der Waals surface area contributed by atoms with Gasteiger partial charge in [0.2, 0.25) is 0 Å². The van der Waals surface area contributed by atoms with Gasteiger partial charge in [0.1, 0.15) is 11.0 Å². The van der Waals surface area contributed by atoms with Crippen molar-refractivity contribution in [1.82, 2.24) is 9.88 Å². The van der Waals surface area contributed by atoms with Crippen LogP contribution in [-0.4, -0.2) is 47.8 Å². The van der Waals surface area contributed by atoms with Gasteiger partial charge in [-0.05, 0) is 45.1 Å². The van der Waals surface area contributed by atoms with Crippen LogP contribution >= 0.6 is 11.6 Å². The monoisotopic (exact) mass is 335 g/mol. The highest BCUT2D eigenvalue weighted by Crippen LogP contribution is 2.29. The lowest BCUT2D eigenvalue weighted by atomic mass is 10.1. The van der Waals surface area contributed by atoms with Gasteiger partial charge < -0.3 is 9.80 Å². The molecular weight excluding hydrogens is 314 g/mol.